The van der Waals surface area contributed by atoms with E-state index in [1.807, 2.05) is 12.4 Å². The molecule has 2 unspecified atom stereocenters. The highest BCUT2D eigenvalue weighted by molar-refractivity contribution is 5.49. The lowest BCUT2D eigenvalue weighted by Crippen LogP contribution is -2.44. The van der Waals surface area contributed by atoms with Crippen LogP contribution in [-0.4, -0.2) is 30.2 Å². The Morgan fingerprint density at radius 1 is 1.31 bits per heavy atom. The SMILES string of the molecule is CC1(C)C2CNCC2CN1c1ccncc1. The Kier molecular flexibility index (Phi) is 2.18. The first kappa shape index (κ1) is 10.1. The third-order valence-corrected chi connectivity index (χ3v) is 4.33. The van der Waals surface area contributed by atoms with Crippen LogP contribution in [0.1, 0.15) is 13.8 Å². The minimum Gasteiger partial charge on any atom is -0.366 e. The van der Waals surface area contributed by atoms with Crippen LogP contribution in [0.4, 0.5) is 5.69 Å². The van der Waals surface area contributed by atoms with Gasteiger partial charge in [0.15, 0.2) is 0 Å². The van der Waals surface area contributed by atoms with Crippen LogP contribution >= 0.6 is 0 Å². The van der Waals surface area contributed by atoms with E-state index in [0.717, 1.165) is 11.8 Å². The van der Waals surface area contributed by atoms with Crippen molar-refractivity contribution in [2.45, 2.75) is 19.4 Å². The average molecular weight is 217 g/mol. The highest BCUT2D eigenvalue weighted by atomic mass is 15.3. The second kappa shape index (κ2) is 3.45. The van der Waals surface area contributed by atoms with Gasteiger partial charge in [0.25, 0.3) is 0 Å². The van der Waals surface area contributed by atoms with Crippen LogP contribution in [-0.2, 0) is 0 Å². The summed E-state index contributed by atoms with van der Waals surface area (Å²) in [6.07, 6.45) is 3.77. The summed E-state index contributed by atoms with van der Waals surface area (Å²) in [6.45, 7) is 8.25. The molecule has 3 rings (SSSR count). The zero-order valence-electron chi connectivity index (χ0n) is 9.98. The summed E-state index contributed by atoms with van der Waals surface area (Å²) in [5, 5.41) is 3.51. The Balaban J connectivity index is 1.93. The van der Waals surface area contributed by atoms with E-state index in [2.05, 4.69) is 41.2 Å². The normalized spacial score (nSPS) is 31.8. The highest BCUT2D eigenvalue weighted by Crippen LogP contribution is 2.42. The van der Waals surface area contributed by atoms with Gasteiger partial charge in [-0.05, 0) is 37.8 Å². The van der Waals surface area contributed by atoms with Gasteiger partial charge in [-0.1, -0.05) is 0 Å². The fourth-order valence-electron chi connectivity index (χ4n) is 3.38. The second-order valence-electron chi connectivity index (χ2n) is 5.49. The molecule has 0 aliphatic carbocycles. The van der Waals surface area contributed by atoms with Gasteiger partial charge in [-0.3, -0.25) is 4.98 Å². The predicted molar refractivity (Wildman–Crippen MR) is 65.5 cm³/mol. The van der Waals surface area contributed by atoms with E-state index < -0.39 is 0 Å². The van der Waals surface area contributed by atoms with Gasteiger partial charge in [-0.15, -0.1) is 0 Å². The lowest BCUT2D eigenvalue weighted by Gasteiger charge is -2.37. The van der Waals surface area contributed by atoms with Crippen molar-refractivity contribution < 1.29 is 0 Å². The molecule has 3 heterocycles. The van der Waals surface area contributed by atoms with Crippen molar-refractivity contribution >= 4 is 5.69 Å². The minimum absolute atomic E-state index is 0.259. The van der Waals surface area contributed by atoms with Gasteiger partial charge in [0.05, 0.1) is 0 Å². The van der Waals surface area contributed by atoms with Crippen LogP contribution in [0.5, 0.6) is 0 Å². The maximum absolute atomic E-state index is 4.10. The fraction of sp³-hybridized carbons (Fsp3) is 0.615. The standard InChI is InChI=1S/C13H19N3/c1-13(2)12-8-15-7-10(12)9-16(13)11-3-5-14-6-4-11/h3-6,10,12,15H,7-9H2,1-2H3. The quantitative estimate of drug-likeness (QED) is 0.773. The van der Waals surface area contributed by atoms with E-state index in [1.54, 1.807) is 0 Å². The molecule has 3 heteroatoms. The van der Waals surface area contributed by atoms with E-state index in [1.165, 1.54) is 25.3 Å². The van der Waals surface area contributed by atoms with Gasteiger partial charge < -0.3 is 10.2 Å². The number of anilines is 1. The van der Waals surface area contributed by atoms with E-state index in [9.17, 15) is 0 Å². The molecular weight excluding hydrogens is 198 g/mol. The molecule has 1 aromatic rings. The number of nitrogens with one attached hydrogen (secondary N) is 1. The van der Waals surface area contributed by atoms with Crippen molar-refractivity contribution in [2.75, 3.05) is 24.5 Å². The molecule has 2 fully saturated rings. The molecule has 2 aliphatic rings. The van der Waals surface area contributed by atoms with Crippen LogP contribution in [0.15, 0.2) is 24.5 Å². The molecule has 0 spiro atoms. The number of aromatic nitrogens is 1. The molecule has 3 nitrogen and oxygen atoms in total. The van der Waals surface area contributed by atoms with Crippen molar-refractivity contribution in [3.05, 3.63) is 24.5 Å². The molecule has 1 N–H and O–H groups in total. The summed E-state index contributed by atoms with van der Waals surface area (Å²) in [5.74, 6) is 1.59. The van der Waals surface area contributed by atoms with E-state index in [-0.39, 0.29) is 5.54 Å². The van der Waals surface area contributed by atoms with Crippen LogP contribution < -0.4 is 10.2 Å². The summed E-state index contributed by atoms with van der Waals surface area (Å²) in [4.78, 5) is 6.64. The molecule has 1 aromatic heterocycles. The van der Waals surface area contributed by atoms with Gasteiger partial charge in [-0.2, -0.15) is 0 Å². The summed E-state index contributed by atoms with van der Waals surface area (Å²) in [7, 11) is 0. The second-order valence-corrected chi connectivity index (χ2v) is 5.49. The Hall–Kier alpha value is -1.09. The van der Waals surface area contributed by atoms with Crippen LogP contribution in [0, 0.1) is 11.8 Å². The molecule has 0 amide bonds. The molecule has 2 saturated heterocycles. The maximum atomic E-state index is 4.10. The third kappa shape index (κ3) is 1.34. The summed E-state index contributed by atoms with van der Waals surface area (Å²) in [5.41, 5.74) is 1.57. The minimum atomic E-state index is 0.259. The van der Waals surface area contributed by atoms with E-state index >= 15 is 0 Å². The zero-order valence-corrected chi connectivity index (χ0v) is 9.98. The first-order valence-electron chi connectivity index (χ1n) is 6.08. The summed E-state index contributed by atoms with van der Waals surface area (Å²) >= 11 is 0. The highest BCUT2D eigenvalue weighted by Gasteiger charge is 2.49. The van der Waals surface area contributed by atoms with Gasteiger partial charge >= 0.3 is 0 Å². The van der Waals surface area contributed by atoms with Crippen molar-refractivity contribution in [3.63, 3.8) is 0 Å². The van der Waals surface area contributed by atoms with Crippen LogP contribution in [0.3, 0.4) is 0 Å². The number of fused-ring (bicyclic) bond motifs is 1. The Morgan fingerprint density at radius 2 is 2.06 bits per heavy atom. The molecule has 2 aliphatic heterocycles. The Bertz CT molecular complexity index is 374. The lowest BCUT2D eigenvalue weighted by atomic mass is 9.85. The molecule has 0 bridgehead atoms. The van der Waals surface area contributed by atoms with Gasteiger partial charge in [0.1, 0.15) is 0 Å². The summed E-state index contributed by atoms with van der Waals surface area (Å²) in [6, 6.07) is 4.24. The first-order valence-corrected chi connectivity index (χ1v) is 6.08. The van der Waals surface area contributed by atoms with Crippen LogP contribution in [0.25, 0.3) is 0 Å². The van der Waals surface area contributed by atoms with Crippen molar-refractivity contribution in [1.82, 2.24) is 10.3 Å². The maximum Gasteiger partial charge on any atom is 0.0401 e. The van der Waals surface area contributed by atoms with E-state index in [4.69, 9.17) is 0 Å². The molecule has 16 heavy (non-hydrogen) atoms. The molecule has 0 saturated carbocycles. The molecule has 2 atom stereocenters. The van der Waals surface area contributed by atoms with Crippen LogP contribution in [0.2, 0.25) is 0 Å². The monoisotopic (exact) mass is 217 g/mol. The largest absolute Gasteiger partial charge is 0.366 e. The van der Waals surface area contributed by atoms with Crippen molar-refractivity contribution in [1.29, 1.82) is 0 Å². The molecular formula is C13H19N3. The molecule has 86 valence electrons. The lowest BCUT2D eigenvalue weighted by molar-refractivity contribution is 0.357. The number of pyridine rings is 1. The smallest absolute Gasteiger partial charge is 0.0401 e. The number of nitrogens with zero attached hydrogens (tertiary/aromatic N) is 2. The first-order chi connectivity index (χ1) is 7.69. The topological polar surface area (TPSA) is 28.2 Å². The van der Waals surface area contributed by atoms with E-state index in [0.29, 0.717) is 0 Å². The summed E-state index contributed by atoms with van der Waals surface area (Å²) < 4.78 is 0. The third-order valence-electron chi connectivity index (χ3n) is 4.33. The molecule has 0 aromatic carbocycles. The zero-order chi connectivity index (χ0) is 11.2. The van der Waals surface area contributed by atoms with Crippen molar-refractivity contribution in [2.24, 2.45) is 11.8 Å². The number of hydrogen-bond donors (Lipinski definition) is 1. The van der Waals surface area contributed by atoms with Gasteiger partial charge in [0, 0.05) is 43.3 Å². The fourth-order valence-corrected chi connectivity index (χ4v) is 3.38. The average Bonchev–Trinajstić information content (AvgIpc) is 2.83. The molecule has 0 radical (unpaired) electrons. The number of rotatable bonds is 1. The predicted octanol–water partition coefficient (Wildman–Crippen LogP) is 1.52. The van der Waals surface area contributed by atoms with Crippen molar-refractivity contribution in [3.8, 4) is 0 Å². The number of hydrogen-bond acceptors (Lipinski definition) is 3. The Labute approximate surface area is 96.9 Å². The van der Waals surface area contributed by atoms with Gasteiger partial charge in [-0.25, -0.2) is 0 Å². The Morgan fingerprint density at radius 3 is 2.75 bits per heavy atom. The van der Waals surface area contributed by atoms with Gasteiger partial charge in [0.2, 0.25) is 0 Å².